The van der Waals surface area contributed by atoms with Crippen LogP contribution in [0.25, 0.3) is 0 Å². The van der Waals surface area contributed by atoms with Crippen molar-refractivity contribution in [3.05, 3.63) is 82.7 Å². The van der Waals surface area contributed by atoms with E-state index in [-0.39, 0.29) is 31.2 Å². The Hall–Kier alpha value is -3.55. The molecule has 2 amide bonds. The predicted octanol–water partition coefficient (Wildman–Crippen LogP) is 3.38. The predicted molar refractivity (Wildman–Crippen MR) is 125 cm³/mol. The highest BCUT2D eigenvalue weighted by molar-refractivity contribution is 5.89. The first-order valence-corrected chi connectivity index (χ1v) is 11.7. The zero-order chi connectivity index (χ0) is 23.7. The molecule has 3 atom stereocenters. The fraction of sp³-hybridized carbons (Fsp3) is 0.385. The lowest BCUT2D eigenvalue weighted by Crippen LogP contribution is -2.47. The van der Waals surface area contributed by atoms with Crippen molar-refractivity contribution in [2.24, 2.45) is 0 Å². The van der Waals surface area contributed by atoms with Crippen molar-refractivity contribution in [3.63, 3.8) is 0 Å². The van der Waals surface area contributed by atoms with Crippen molar-refractivity contribution in [2.75, 3.05) is 6.54 Å². The van der Waals surface area contributed by atoms with Crippen LogP contribution in [0.15, 0.2) is 54.7 Å². The van der Waals surface area contributed by atoms with E-state index < -0.39 is 18.3 Å². The maximum absolute atomic E-state index is 14.4. The average molecular weight is 462 g/mol. The molecule has 1 aliphatic heterocycles. The van der Waals surface area contributed by atoms with Crippen molar-refractivity contribution in [1.82, 2.24) is 25.6 Å². The molecule has 1 aromatic heterocycles. The molecule has 3 unspecified atom stereocenters. The molecular weight excluding hydrogens is 433 g/mol. The summed E-state index contributed by atoms with van der Waals surface area (Å²) in [4.78, 5) is 27.6. The maximum Gasteiger partial charge on any atom is 0.243 e. The van der Waals surface area contributed by atoms with Gasteiger partial charge < -0.3 is 10.2 Å². The molecule has 7 nitrogen and oxygen atoms in total. The van der Waals surface area contributed by atoms with Gasteiger partial charge in [0.05, 0.1) is 30.9 Å². The summed E-state index contributed by atoms with van der Waals surface area (Å²) in [5.74, 6) is -0.0373. The highest BCUT2D eigenvalue weighted by atomic mass is 19.1. The second kappa shape index (κ2) is 9.37. The van der Waals surface area contributed by atoms with Crippen LogP contribution < -0.4 is 5.32 Å². The minimum absolute atomic E-state index is 0.00651. The van der Waals surface area contributed by atoms with Crippen LogP contribution >= 0.6 is 0 Å². The molecule has 2 aliphatic rings. The molecule has 2 aromatic carbocycles. The highest BCUT2D eigenvalue weighted by Gasteiger charge is 2.40. The van der Waals surface area contributed by atoms with Crippen LogP contribution in [0.2, 0.25) is 0 Å². The Kier molecular flexibility index (Phi) is 6.13. The highest BCUT2D eigenvalue weighted by Crippen LogP contribution is 2.42. The number of hydrogen-bond acceptors (Lipinski definition) is 4. The van der Waals surface area contributed by atoms with E-state index in [1.807, 2.05) is 30.3 Å². The zero-order valence-corrected chi connectivity index (χ0v) is 19.1. The number of carbonyl (C=O) groups excluding carboxylic acids is 2. The molecule has 8 heteroatoms. The normalized spacial score (nSPS) is 20.8. The lowest BCUT2D eigenvalue weighted by molar-refractivity contribution is -0.138. The SMILES string of the molecule is Cc1cc(C(NC(=O)C2CC(F)CN2C(=O)Cc2cnn[nH]2)c2ccccc2)ccc1C1CC1. The Morgan fingerprint density at radius 3 is 2.65 bits per heavy atom. The second-order valence-electron chi connectivity index (χ2n) is 9.30. The Bertz CT molecular complexity index is 1160. The van der Waals surface area contributed by atoms with Gasteiger partial charge in [0, 0.05) is 6.42 Å². The Balaban J connectivity index is 1.38. The number of alkyl halides is 1. The molecule has 5 rings (SSSR count). The van der Waals surface area contributed by atoms with E-state index in [0.717, 1.165) is 11.1 Å². The number of amides is 2. The third-order valence-electron chi connectivity index (χ3n) is 6.74. The number of aryl methyl sites for hydroxylation is 1. The van der Waals surface area contributed by atoms with Crippen molar-refractivity contribution in [2.45, 2.75) is 56.8 Å². The van der Waals surface area contributed by atoms with Gasteiger partial charge in [-0.2, -0.15) is 0 Å². The molecule has 0 radical (unpaired) electrons. The summed E-state index contributed by atoms with van der Waals surface area (Å²) >= 11 is 0. The summed E-state index contributed by atoms with van der Waals surface area (Å²) in [6, 6.07) is 14.8. The average Bonchev–Trinajstić information content (AvgIpc) is 3.40. The first-order valence-electron chi connectivity index (χ1n) is 11.7. The molecule has 34 heavy (non-hydrogen) atoms. The zero-order valence-electron chi connectivity index (χ0n) is 19.1. The van der Waals surface area contributed by atoms with Gasteiger partial charge in [-0.15, -0.1) is 5.10 Å². The van der Waals surface area contributed by atoms with Gasteiger partial charge in [-0.3, -0.25) is 14.7 Å². The molecular formula is C26H28FN5O2. The van der Waals surface area contributed by atoms with Crippen LogP contribution in [0, 0.1) is 6.92 Å². The fourth-order valence-corrected chi connectivity index (χ4v) is 4.85. The summed E-state index contributed by atoms with van der Waals surface area (Å²) in [6.07, 6.45) is 2.64. The number of likely N-dealkylation sites (tertiary alicyclic amines) is 1. The van der Waals surface area contributed by atoms with Gasteiger partial charge >= 0.3 is 0 Å². The van der Waals surface area contributed by atoms with Crippen LogP contribution in [0.5, 0.6) is 0 Å². The topological polar surface area (TPSA) is 91.0 Å². The molecule has 2 heterocycles. The van der Waals surface area contributed by atoms with Crippen molar-refractivity contribution in [1.29, 1.82) is 0 Å². The standard InChI is InChI=1S/C26H28FN5O2/c1-16-11-19(9-10-22(16)17-7-8-17)25(18-5-3-2-4-6-18)29-26(34)23-12-20(27)15-32(23)24(33)13-21-14-28-31-30-21/h2-6,9-11,14,17,20,23,25H,7-8,12-13,15H2,1H3,(H,29,34)(H,28,30,31). The molecule has 2 fully saturated rings. The number of hydrogen-bond donors (Lipinski definition) is 2. The van der Waals surface area contributed by atoms with Gasteiger partial charge in [-0.05, 0) is 47.9 Å². The second-order valence-corrected chi connectivity index (χ2v) is 9.30. The van der Waals surface area contributed by atoms with E-state index in [4.69, 9.17) is 0 Å². The maximum atomic E-state index is 14.4. The molecule has 176 valence electrons. The van der Waals surface area contributed by atoms with E-state index in [1.165, 1.54) is 35.1 Å². The van der Waals surface area contributed by atoms with Crippen LogP contribution in [0.1, 0.15) is 59.2 Å². The minimum atomic E-state index is -1.24. The van der Waals surface area contributed by atoms with Crippen molar-refractivity contribution >= 4 is 11.8 Å². The molecule has 1 aliphatic carbocycles. The first-order chi connectivity index (χ1) is 16.5. The number of rotatable bonds is 7. The third kappa shape index (κ3) is 4.71. The van der Waals surface area contributed by atoms with Gasteiger partial charge in [-0.25, -0.2) is 4.39 Å². The monoisotopic (exact) mass is 461 g/mol. The van der Waals surface area contributed by atoms with Crippen LogP contribution in [-0.4, -0.2) is 50.9 Å². The van der Waals surface area contributed by atoms with Gasteiger partial charge in [0.1, 0.15) is 12.2 Å². The summed E-state index contributed by atoms with van der Waals surface area (Å²) in [6.45, 7) is 2.01. The molecule has 0 spiro atoms. The van der Waals surface area contributed by atoms with Gasteiger partial charge in [0.2, 0.25) is 11.8 Å². The summed E-state index contributed by atoms with van der Waals surface area (Å²) in [5.41, 5.74) is 5.01. The van der Waals surface area contributed by atoms with Crippen molar-refractivity contribution in [3.8, 4) is 0 Å². The Labute approximate surface area is 197 Å². The quantitative estimate of drug-likeness (QED) is 0.564. The summed E-state index contributed by atoms with van der Waals surface area (Å²) < 4.78 is 14.4. The number of nitrogens with one attached hydrogen (secondary N) is 2. The van der Waals surface area contributed by atoms with Crippen LogP contribution in [0.3, 0.4) is 0 Å². The fourth-order valence-electron chi connectivity index (χ4n) is 4.85. The number of carbonyl (C=O) groups is 2. The lowest BCUT2D eigenvalue weighted by atomic mass is 9.93. The minimum Gasteiger partial charge on any atom is -0.343 e. The number of benzene rings is 2. The molecule has 3 aromatic rings. The van der Waals surface area contributed by atoms with E-state index in [2.05, 4.69) is 45.9 Å². The van der Waals surface area contributed by atoms with Gasteiger partial charge in [0.15, 0.2) is 0 Å². The van der Waals surface area contributed by atoms with Crippen LogP contribution in [-0.2, 0) is 16.0 Å². The molecule has 1 saturated carbocycles. The summed E-state index contributed by atoms with van der Waals surface area (Å²) in [7, 11) is 0. The molecule has 1 saturated heterocycles. The van der Waals surface area contributed by atoms with Gasteiger partial charge in [0.25, 0.3) is 0 Å². The number of H-pyrrole nitrogens is 1. The number of halogens is 1. The number of aromatic amines is 1. The molecule has 2 N–H and O–H groups in total. The number of aromatic nitrogens is 3. The van der Waals surface area contributed by atoms with E-state index in [9.17, 15) is 14.0 Å². The van der Waals surface area contributed by atoms with E-state index in [1.54, 1.807) is 0 Å². The van der Waals surface area contributed by atoms with E-state index in [0.29, 0.717) is 11.6 Å². The largest absolute Gasteiger partial charge is 0.343 e. The van der Waals surface area contributed by atoms with Crippen molar-refractivity contribution < 1.29 is 14.0 Å². The summed E-state index contributed by atoms with van der Waals surface area (Å²) in [5, 5.41) is 13.0. The Morgan fingerprint density at radius 2 is 1.97 bits per heavy atom. The lowest BCUT2D eigenvalue weighted by Gasteiger charge is -2.27. The van der Waals surface area contributed by atoms with Crippen LogP contribution in [0.4, 0.5) is 4.39 Å². The first kappa shape index (κ1) is 22.3. The Morgan fingerprint density at radius 1 is 1.18 bits per heavy atom. The number of nitrogens with zero attached hydrogens (tertiary/aromatic N) is 3. The third-order valence-corrected chi connectivity index (χ3v) is 6.74. The van der Waals surface area contributed by atoms with Gasteiger partial charge in [-0.1, -0.05) is 53.7 Å². The smallest absolute Gasteiger partial charge is 0.243 e. The molecule has 0 bridgehead atoms. The van der Waals surface area contributed by atoms with E-state index >= 15 is 0 Å².